The number of imidazole rings is 1. The number of aryl methyl sites for hydroxylation is 1. The Balaban J connectivity index is 2.04. The lowest BCUT2D eigenvalue weighted by Crippen LogP contribution is -2.16. The number of halogens is 2. The molecule has 0 unspecified atom stereocenters. The number of amides is 1. The van der Waals surface area contributed by atoms with Crippen molar-refractivity contribution in [1.29, 1.82) is 0 Å². The number of nitro benzene ring substituents is 1. The molecule has 0 aliphatic heterocycles. The lowest BCUT2D eigenvalue weighted by molar-refractivity contribution is -0.383. The molecule has 0 fully saturated rings. The summed E-state index contributed by atoms with van der Waals surface area (Å²) in [6.45, 7) is 1.70. The van der Waals surface area contributed by atoms with Crippen LogP contribution in [0.2, 0.25) is 5.02 Å². The molecule has 0 aliphatic carbocycles. The third kappa shape index (κ3) is 2.98. The number of hydrogen-bond donors (Lipinski definition) is 1. The molecule has 2 aromatic heterocycles. The number of carbonyl (C=O) groups is 1. The molecule has 3 rings (SSSR count). The number of nitro groups is 1. The molecular formula is C15H10BrClN4O3. The van der Waals surface area contributed by atoms with E-state index in [2.05, 4.69) is 26.2 Å². The number of nitrogens with zero attached hydrogens (tertiary/aromatic N) is 3. The third-order valence-electron chi connectivity index (χ3n) is 3.38. The highest BCUT2D eigenvalue weighted by Crippen LogP contribution is 2.28. The fraction of sp³-hybridized carbons (Fsp3) is 0.0667. The van der Waals surface area contributed by atoms with Crippen LogP contribution in [0.5, 0.6) is 0 Å². The standard InChI is InChI=1S/C15H10BrClN4O3/c1-8-14(20-7-9(16)2-5-13(20)18-8)15(22)19-11-4-3-10(17)6-12(11)21(23)24/h2-7H,1H3,(H,19,22). The van der Waals surface area contributed by atoms with Crippen LogP contribution in [-0.2, 0) is 0 Å². The highest BCUT2D eigenvalue weighted by molar-refractivity contribution is 9.10. The van der Waals surface area contributed by atoms with Crippen LogP contribution in [0.4, 0.5) is 11.4 Å². The maximum Gasteiger partial charge on any atom is 0.294 e. The predicted octanol–water partition coefficient (Wildman–Crippen LogP) is 4.22. The van der Waals surface area contributed by atoms with Gasteiger partial charge in [-0.15, -0.1) is 0 Å². The van der Waals surface area contributed by atoms with Gasteiger partial charge >= 0.3 is 0 Å². The Hall–Kier alpha value is -2.45. The molecule has 9 heteroatoms. The van der Waals surface area contributed by atoms with Crippen molar-refractivity contribution in [3.8, 4) is 0 Å². The van der Waals surface area contributed by atoms with Gasteiger partial charge in [-0.1, -0.05) is 11.6 Å². The molecule has 3 aromatic rings. The summed E-state index contributed by atoms with van der Waals surface area (Å²) in [6, 6.07) is 7.64. The zero-order valence-electron chi connectivity index (χ0n) is 12.3. The van der Waals surface area contributed by atoms with E-state index in [-0.39, 0.29) is 16.4 Å². The minimum atomic E-state index is -0.598. The van der Waals surface area contributed by atoms with Crippen LogP contribution in [-0.4, -0.2) is 20.2 Å². The van der Waals surface area contributed by atoms with Gasteiger partial charge in [0.1, 0.15) is 17.0 Å². The van der Waals surface area contributed by atoms with Crippen LogP contribution in [0.1, 0.15) is 16.2 Å². The van der Waals surface area contributed by atoms with E-state index in [4.69, 9.17) is 11.6 Å². The van der Waals surface area contributed by atoms with Crippen LogP contribution in [0.15, 0.2) is 41.0 Å². The van der Waals surface area contributed by atoms with Gasteiger partial charge in [0, 0.05) is 21.8 Å². The van der Waals surface area contributed by atoms with E-state index in [1.165, 1.54) is 18.2 Å². The molecule has 0 saturated heterocycles. The first-order valence-corrected chi connectivity index (χ1v) is 7.93. The van der Waals surface area contributed by atoms with Gasteiger partial charge in [0.2, 0.25) is 0 Å². The second-order valence-electron chi connectivity index (χ2n) is 4.99. The molecule has 0 aliphatic rings. The molecule has 1 aromatic carbocycles. The van der Waals surface area contributed by atoms with E-state index < -0.39 is 10.8 Å². The van der Waals surface area contributed by atoms with Gasteiger partial charge in [-0.05, 0) is 47.1 Å². The van der Waals surface area contributed by atoms with Crippen LogP contribution >= 0.6 is 27.5 Å². The maximum atomic E-state index is 12.6. The first-order valence-electron chi connectivity index (χ1n) is 6.76. The van der Waals surface area contributed by atoms with E-state index in [0.717, 1.165) is 4.47 Å². The Morgan fingerprint density at radius 3 is 2.83 bits per heavy atom. The smallest absolute Gasteiger partial charge is 0.294 e. The number of pyridine rings is 1. The molecule has 122 valence electrons. The Morgan fingerprint density at radius 1 is 1.38 bits per heavy atom. The molecule has 0 saturated carbocycles. The summed E-state index contributed by atoms with van der Waals surface area (Å²) in [5.41, 5.74) is 1.21. The molecule has 1 N–H and O–H groups in total. The molecule has 0 radical (unpaired) electrons. The van der Waals surface area contributed by atoms with Crippen molar-refractivity contribution in [1.82, 2.24) is 9.38 Å². The highest BCUT2D eigenvalue weighted by Gasteiger charge is 2.21. The summed E-state index contributed by atoms with van der Waals surface area (Å²) in [5, 5.41) is 13.9. The lowest BCUT2D eigenvalue weighted by Gasteiger charge is -2.07. The lowest BCUT2D eigenvalue weighted by atomic mass is 10.2. The van der Waals surface area contributed by atoms with Gasteiger partial charge in [-0.2, -0.15) is 0 Å². The van der Waals surface area contributed by atoms with Gasteiger partial charge < -0.3 is 5.32 Å². The topological polar surface area (TPSA) is 89.5 Å². The summed E-state index contributed by atoms with van der Waals surface area (Å²) < 4.78 is 2.40. The maximum absolute atomic E-state index is 12.6. The summed E-state index contributed by atoms with van der Waals surface area (Å²) in [6.07, 6.45) is 1.71. The van der Waals surface area contributed by atoms with Crippen molar-refractivity contribution in [2.24, 2.45) is 0 Å². The first kappa shape index (κ1) is 16.4. The zero-order valence-corrected chi connectivity index (χ0v) is 14.6. The summed E-state index contributed by atoms with van der Waals surface area (Å²) in [4.78, 5) is 27.5. The fourth-order valence-electron chi connectivity index (χ4n) is 2.35. The van der Waals surface area contributed by atoms with Crippen molar-refractivity contribution in [3.05, 3.63) is 67.5 Å². The van der Waals surface area contributed by atoms with Gasteiger partial charge in [0.25, 0.3) is 11.6 Å². The van der Waals surface area contributed by atoms with E-state index in [1.54, 1.807) is 23.6 Å². The number of carbonyl (C=O) groups excluding carboxylic acids is 1. The summed E-state index contributed by atoms with van der Waals surface area (Å²) in [7, 11) is 0. The molecule has 7 nitrogen and oxygen atoms in total. The summed E-state index contributed by atoms with van der Waals surface area (Å²) >= 11 is 9.13. The van der Waals surface area contributed by atoms with Gasteiger partial charge in [0.15, 0.2) is 0 Å². The number of anilines is 1. The number of aromatic nitrogens is 2. The Morgan fingerprint density at radius 2 is 2.12 bits per heavy atom. The molecule has 0 spiro atoms. The SMILES string of the molecule is Cc1nc2ccc(Br)cn2c1C(=O)Nc1ccc(Cl)cc1[N+](=O)[O-]. The number of benzene rings is 1. The van der Waals surface area contributed by atoms with Gasteiger partial charge in [-0.25, -0.2) is 4.98 Å². The second-order valence-corrected chi connectivity index (χ2v) is 6.35. The normalized spacial score (nSPS) is 10.8. The number of hydrogen-bond acceptors (Lipinski definition) is 4. The molecule has 24 heavy (non-hydrogen) atoms. The van der Waals surface area contributed by atoms with Crippen molar-refractivity contribution >= 4 is 50.5 Å². The van der Waals surface area contributed by atoms with E-state index >= 15 is 0 Å². The predicted molar refractivity (Wildman–Crippen MR) is 93.7 cm³/mol. The average molecular weight is 410 g/mol. The number of rotatable bonds is 3. The van der Waals surface area contributed by atoms with Crippen LogP contribution in [0.25, 0.3) is 5.65 Å². The molecule has 1 amide bonds. The van der Waals surface area contributed by atoms with Crippen molar-refractivity contribution in [2.75, 3.05) is 5.32 Å². The fourth-order valence-corrected chi connectivity index (χ4v) is 2.86. The highest BCUT2D eigenvalue weighted by atomic mass is 79.9. The average Bonchev–Trinajstić information content (AvgIpc) is 2.84. The van der Waals surface area contributed by atoms with Crippen molar-refractivity contribution in [2.45, 2.75) is 6.92 Å². The molecular weight excluding hydrogens is 400 g/mol. The minimum absolute atomic E-state index is 0.0683. The van der Waals surface area contributed by atoms with E-state index in [0.29, 0.717) is 17.0 Å². The molecule has 0 bridgehead atoms. The monoisotopic (exact) mass is 408 g/mol. The zero-order chi connectivity index (χ0) is 17.4. The van der Waals surface area contributed by atoms with Gasteiger partial charge in [-0.3, -0.25) is 19.3 Å². The quantitative estimate of drug-likeness (QED) is 0.518. The first-order chi connectivity index (χ1) is 11.4. The van der Waals surface area contributed by atoms with Crippen LogP contribution < -0.4 is 5.32 Å². The van der Waals surface area contributed by atoms with E-state index in [9.17, 15) is 14.9 Å². The van der Waals surface area contributed by atoms with Crippen LogP contribution in [0, 0.1) is 17.0 Å². The summed E-state index contributed by atoms with van der Waals surface area (Å²) in [5.74, 6) is -0.497. The van der Waals surface area contributed by atoms with Crippen molar-refractivity contribution in [3.63, 3.8) is 0 Å². The molecule has 0 atom stereocenters. The van der Waals surface area contributed by atoms with E-state index in [1.807, 2.05) is 6.07 Å². The largest absolute Gasteiger partial charge is 0.315 e. The Labute approximate surface area is 149 Å². The Bertz CT molecular complexity index is 986. The minimum Gasteiger partial charge on any atom is -0.315 e. The van der Waals surface area contributed by atoms with Crippen molar-refractivity contribution < 1.29 is 9.72 Å². The third-order valence-corrected chi connectivity index (χ3v) is 4.08. The molecule has 2 heterocycles. The Kier molecular flexibility index (Phi) is 4.25. The number of fused-ring (bicyclic) bond motifs is 1. The second kappa shape index (κ2) is 6.21. The van der Waals surface area contributed by atoms with Gasteiger partial charge in [0.05, 0.1) is 10.6 Å². The number of nitrogens with one attached hydrogen (secondary N) is 1. The van der Waals surface area contributed by atoms with Crippen LogP contribution in [0.3, 0.4) is 0 Å².